The van der Waals surface area contributed by atoms with Gasteiger partial charge in [-0.1, -0.05) is 38.3 Å². The van der Waals surface area contributed by atoms with Gasteiger partial charge in [-0.2, -0.15) is 0 Å². The van der Waals surface area contributed by atoms with Crippen molar-refractivity contribution in [3.05, 3.63) is 69.8 Å². The van der Waals surface area contributed by atoms with E-state index in [1.54, 1.807) is 24.3 Å². The first-order valence-corrected chi connectivity index (χ1v) is 10.3. The van der Waals surface area contributed by atoms with Crippen molar-refractivity contribution in [2.45, 2.75) is 32.6 Å². The Bertz CT molecular complexity index is 1040. The molecule has 1 aliphatic rings. The number of urea groups is 1. The minimum absolute atomic E-state index is 0.114. The summed E-state index contributed by atoms with van der Waals surface area (Å²) in [6, 6.07) is 10.9. The topological polar surface area (TPSA) is 119 Å². The first-order valence-electron chi connectivity index (χ1n) is 10.3. The van der Waals surface area contributed by atoms with E-state index >= 15 is 0 Å². The summed E-state index contributed by atoms with van der Waals surface area (Å²) in [6.45, 7) is 2.76. The Balaban J connectivity index is 1.74. The molecule has 1 fully saturated rings. The molecule has 1 heterocycles. The molecule has 0 unspecified atom stereocenters. The number of nitro benzene ring substituents is 1. The lowest BCUT2D eigenvalue weighted by molar-refractivity contribution is -0.384. The number of carbonyl (C=O) groups excluding carboxylic acids is 3. The predicted octanol–water partition coefficient (Wildman–Crippen LogP) is 4.22. The first kappa shape index (κ1) is 22.7. The number of ether oxygens (including phenoxy) is 1. The summed E-state index contributed by atoms with van der Waals surface area (Å²) in [7, 11) is 0. The van der Waals surface area contributed by atoms with Gasteiger partial charge in [0.1, 0.15) is 11.3 Å². The maximum Gasteiger partial charge on any atom is 0.335 e. The highest BCUT2D eigenvalue weighted by Crippen LogP contribution is 2.24. The lowest BCUT2D eigenvalue weighted by Gasteiger charge is -2.26. The zero-order valence-corrected chi connectivity index (χ0v) is 17.6. The van der Waals surface area contributed by atoms with Crippen molar-refractivity contribution < 1.29 is 24.0 Å². The molecule has 166 valence electrons. The van der Waals surface area contributed by atoms with Gasteiger partial charge in [0.25, 0.3) is 17.5 Å². The van der Waals surface area contributed by atoms with Crippen LogP contribution in [0.25, 0.3) is 6.08 Å². The second-order valence-corrected chi connectivity index (χ2v) is 7.21. The molecule has 0 atom stereocenters. The molecule has 0 saturated carbocycles. The number of amides is 4. The molecule has 4 amide bonds. The third-order valence-corrected chi connectivity index (χ3v) is 4.88. The summed E-state index contributed by atoms with van der Waals surface area (Å²) in [6.07, 6.45) is 5.80. The number of non-ortho nitro benzene ring substituents is 1. The Kier molecular flexibility index (Phi) is 7.33. The Morgan fingerprint density at radius 2 is 1.69 bits per heavy atom. The third kappa shape index (κ3) is 5.37. The Hall–Kier alpha value is -4.01. The Morgan fingerprint density at radius 1 is 1.00 bits per heavy atom. The van der Waals surface area contributed by atoms with Gasteiger partial charge < -0.3 is 4.74 Å². The number of carbonyl (C=O) groups is 3. The normalized spacial score (nSPS) is 15.1. The summed E-state index contributed by atoms with van der Waals surface area (Å²) in [4.78, 5) is 48.4. The highest BCUT2D eigenvalue weighted by Gasteiger charge is 2.36. The minimum atomic E-state index is -0.919. The van der Waals surface area contributed by atoms with Crippen LogP contribution in [0, 0.1) is 10.1 Å². The largest absolute Gasteiger partial charge is 0.494 e. The second kappa shape index (κ2) is 10.3. The van der Waals surface area contributed by atoms with Crippen LogP contribution in [0.15, 0.2) is 54.1 Å². The fraction of sp³-hybridized carbons (Fsp3) is 0.261. The van der Waals surface area contributed by atoms with Crippen LogP contribution in [0.1, 0.15) is 38.2 Å². The van der Waals surface area contributed by atoms with E-state index in [1.165, 1.54) is 36.8 Å². The number of rotatable bonds is 9. The van der Waals surface area contributed by atoms with E-state index in [-0.39, 0.29) is 16.9 Å². The molecule has 0 aliphatic carbocycles. The average molecular weight is 437 g/mol. The van der Waals surface area contributed by atoms with E-state index in [9.17, 15) is 24.5 Å². The zero-order chi connectivity index (χ0) is 23.1. The van der Waals surface area contributed by atoms with E-state index in [2.05, 4.69) is 12.2 Å². The van der Waals surface area contributed by atoms with Gasteiger partial charge in [-0.15, -0.1) is 0 Å². The van der Waals surface area contributed by atoms with Crippen molar-refractivity contribution in [1.29, 1.82) is 0 Å². The van der Waals surface area contributed by atoms with E-state index < -0.39 is 22.8 Å². The molecule has 1 N–H and O–H groups in total. The Morgan fingerprint density at radius 3 is 2.31 bits per heavy atom. The number of hydrogen-bond donors (Lipinski definition) is 1. The molecule has 2 aromatic carbocycles. The average Bonchev–Trinajstić information content (AvgIpc) is 2.77. The van der Waals surface area contributed by atoms with Gasteiger partial charge >= 0.3 is 6.03 Å². The van der Waals surface area contributed by atoms with E-state index in [4.69, 9.17) is 4.74 Å². The fourth-order valence-corrected chi connectivity index (χ4v) is 3.16. The third-order valence-electron chi connectivity index (χ3n) is 4.88. The van der Waals surface area contributed by atoms with Crippen LogP contribution in [0.3, 0.4) is 0 Å². The molecule has 3 rings (SSSR count). The van der Waals surface area contributed by atoms with Crippen molar-refractivity contribution in [2.24, 2.45) is 0 Å². The van der Waals surface area contributed by atoms with Crippen molar-refractivity contribution in [1.82, 2.24) is 5.32 Å². The molecule has 32 heavy (non-hydrogen) atoms. The van der Waals surface area contributed by atoms with Gasteiger partial charge in [0.2, 0.25) is 0 Å². The maximum atomic E-state index is 12.9. The molecule has 2 aromatic rings. The van der Waals surface area contributed by atoms with Gasteiger partial charge in [0.05, 0.1) is 17.2 Å². The fourth-order valence-electron chi connectivity index (χ4n) is 3.16. The second-order valence-electron chi connectivity index (χ2n) is 7.21. The van der Waals surface area contributed by atoms with Crippen LogP contribution < -0.4 is 15.0 Å². The lowest BCUT2D eigenvalue weighted by atomic mass is 10.1. The number of nitrogens with zero attached hydrogens (tertiary/aromatic N) is 2. The summed E-state index contributed by atoms with van der Waals surface area (Å²) in [5.41, 5.74) is 0.289. The van der Waals surface area contributed by atoms with Crippen LogP contribution in [-0.2, 0) is 9.59 Å². The molecule has 0 bridgehead atoms. The van der Waals surface area contributed by atoms with Crippen LogP contribution in [0.5, 0.6) is 5.75 Å². The van der Waals surface area contributed by atoms with E-state index in [1.807, 2.05) is 0 Å². The molecule has 0 aromatic heterocycles. The van der Waals surface area contributed by atoms with Crippen LogP contribution >= 0.6 is 0 Å². The number of unbranched alkanes of at least 4 members (excludes halogenated alkanes) is 3. The molecule has 9 heteroatoms. The van der Waals surface area contributed by atoms with Gasteiger partial charge in [0.15, 0.2) is 0 Å². The number of nitrogens with one attached hydrogen (secondary N) is 1. The molecule has 0 radical (unpaired) electrons. The zero-order valence-electron chi connectivity index (χ0n) is 17.6. The highest BCUT2D eigenvalue weighted by molar-refractivity contribution is 6.39. The molecule has 9 nitrogen and oxygen atoms in total. The smallest absolute Gasteiger partial charge is 0.335 e. The molecule has 1 saturated heterocycles. The van der Waals surface area contributed by atoms with Crippen molar-refractivity contribution in [3.8, 4) is 5.75 Å². The Labute approximate surface area is 184 Å². The number of anilines is 1. The van der Waals surface area contributed by atoms with Crippen LogP contribution in [-0.4, -0.2) is 29.4 Å². The number of nitro groups is 1. The summed E-state index contributed by atoms with van der Waals surface area (Å²) < 4.78 is 5.69. The quantitative estimate of drug-likeness (QED) is 0.206. The molecular weight excluding hydrogens is 414 g/mol. The number of imide groups is 2. The standard InChI is InChI=1S/C23H23N3O6/c1-2-3-4-5-14-32-19-12-6-16(7-13-19)15-20-21(27)24-23(29)25(22(20)28)17-8-10-18(11-9-17)26(30)31/h6-13,15H,2-5,14H2,1H3,(H,24,27,29)/b20-15-. The summed E-state index contributed by atoms with van der Waals surface area (Å²) in [5, 5.41) is 12.9. The van der Waals surface area contributed by atoms with Gasteiger partial charge in [0, 0.05) is 12.1 Å². The minimum Gasteiger partial charge on any atom is -0.494 e. The SMILES string of the molecule is CCCCCCOc1ccc(/C=C2/C(=O)NC(=O)N(c3ccc([N+](=O)[O-])cc3)C2=O)cc1. The van der Waals surface area contributed by atoms with E-state index in [0.717, 1.165) is 24.2 Å². The monoisotopic (exact) mass is 437 g/mol. The molecule has 0 spiro atoms. The van der Waals surface area contributed by atoms with Crippen molar-refractivity contribution in [2.75, 3.05) is 11.5 Å². The lowest BCUT2D eigenvalue weighted by Crippen LogP contribution is -2.54. The van der Waals surface area contributed by atoms with Crippen molar-refractivity contribution >= 4 is 35.3 Å². The number of benzene rings is 2. The van der Waals surface area contributed by atoms with Crippen LogP contribution in [0.4, 0.5) is 16.2 Å². The maximum absolute atomic E-state index is 12.9. The summed E-state index contributed by atoms with van der Waals surface area (Å²) >= 11 is 0. The van der Waals surface area contributed by atoms with Gasteiger partial charge in [-0.05, 0) is 42.3 Å². The highest BCUT2D eigenvalue weighted by atomic mass is 16.6. The predicted molar refractivity (Wildman–Crippen MR) is 118 cm³/mol. The molecular formula is C23H23N3O6. The number of hydrogen-bond acceptors (Lipinski definition) is 6. The van der Waals surface area contributed by atoms with E-state index in [0.29, 0.717) is 17.9 Å². The first-order chi connectivity index (χ1) is 15.4. The summed E-state index contributed by atoms with van der Waals surface area (Å²) in [5.74, 6) is -0.941. The van der Waals surface area contributed by atoms with Crippen LogP contribution in [0.2, 0.25) is 0 Å². The molecule has 1 aliphatic heterocycles. The van der Waals surface area contributed by atoms with Crippen molar-refractivity contribution in [3.63, 3.8) is 0 Å². The van der Waals surface area contributed by atoms with Gasteiger partial charge in [-0.25, -0.2) is 9.69 Å². The van der Waals surface area contributed by atoms with Gasteiger partial charge in [-0.3, -0.25) is 25.0 Å². The number of barbiturate groups is 1.